The lowest BCUT2D eigenvalue weighted by Crippen LogP contribution is -2.16. The fourth-order valence-electron chi connectivity index (χ4n) is 1.92. The van der Waals surface area contributed by atoms with E-state index in [9.17, 15) is 13.5 Å². The summed E-state index contributed by atoms with van der Waals surface area (Å²) in [5, 5.41) is 9.23. The van der Waals surface area contributed by atoms with Gasteiger partial charge < -0.3 is 5.11 Å². The Morgan fingerprint density at radius 2 is 1.95 bits per heavy atom. The molecule has 2 N–H and O–H groups in total. The molecular weight excluding hydrogens is 356 g/mol. The zero-order valence-corrected chi connectivity index (χ0v) is 14.0. The molecule has 7 heteroatoms. The summed E-state index contributed by atoms with van der Waals surface area (Å²) in [5.74, 6) is 0.254. The number of hydrogen-bond acceptors (Lipinski definition) is 4. The van der Waals surface area contributed by atoms with Crippen molar-refractivity contribution >= 4 is 31.8 Å². The van der Waals surface area contributed by atoms with Gasteiger partial charge in [-0.25, -0.2) is 13.4 Å². The summed E-state index contributed by atoms with van der Waals surface area (Å²) in [6, 6.07) is 8.11. The van der Waals surface area contributed by atoms with E-state index in [4.69, 9.17) is 0 Å². The first-order valence-corrected chi connectivity index (χ1v) is 8.48. The fourth-order valence-corrected chi connectivity index (χ4v) is 3.43. The quantitative estimate of drug-likeness (QED) is 0.866. The van der Waals surface area contributed by atoms with E-state index >= 15 is 0 Å². The molecule has 2 aromatic rings. The summed E-state index contributed by atoms with van der Waals surface area (Å²) in [4.78, 5) is 4.30. The SMILES string of the molecule is Cc1nc(NS(=O)(=O)c2cccc(CO)c2C)ccc1Br. The van der Waals surface area contributed by atoms with Crippen molar-refractivity contribution < 1.29 is 13.5 Å². The van der Waals surface area contributed by atoms with Crippen molar-refractivity contribution in [1.29, 1.82) is 0 Å². The monoisotopic (exact) mass is 370 g/mol. The number of anilines is 1. The second-order valence-corrected chi connectivity index (χ2v) is 7.07. The summed E-state index contributed by atoms with van der Waals surface area (Å²) in [6.45, 7) is 3.24. The van der Waals surface area contributed by atoms with Gasteiger partial charge in [0.15, 0.2) is 0 Å². The lowest BCUT2D eigenvalue weighted by Gasteiger charge is -2.12. The van der Waals surface area contributed by atoms with Gasteiger partial charge in [0, 0.05) is 4.47 Å². The highest BCUT2D eigenvalue weighted by Gasteiger charge is 2.19. The molecule has 0 aliphatic heterocycles. The Bertz CT molecular complexity index is 776. The summed E-state index contributed by atoms with van der Waals surface area (Å²) in [7, 11) is -3.75. The number of aryl methyl sites for hydroxylation is 1. The molecule has 5 nitrogen and oxygen atoms in total. The van der Waals surface area contributed by atoms with Crippen LogP contribution in [0.3, 0.4) is 0 Å². The molecule has 0 atom stereocenters. The van der Waals surface area contributed by atoms with Crippen LogP contribution in [0.25, 0.3) is 0 Å². The van der Waals surface area contributed by atoms with Gasteiger partial charge in [-0.05, 0) is 59.1 Å². The fraction of sp³-hybridized carbons (Fsp3) is 0.214. The van der Waals surface area contributed by atoms with E-state index in [1.54, 1.807) is 38.1 Å². The normalized spacial score (nSPS) is 11.4. The van der Waals surface area contributed by atoms with Crippen molar-refractivity contribution in [2.24, 2.45) is 0 Å². The lowest BCUT2D eigenvalue weighted by molar-refractivity contribution is 0.280. The van der Waals surface area contributed by atoms with Crippen molar-refractivity contribution in [3.8, 4) is 0 Å². The average Bonchev–Trinajstić information content (AvgIpc) is 2.42. The number of pyridine rings is 1. The highest BCUT2D eigenvalue weighted by Crippen LogP contribution is 2.23. The summed E-state index contributed by atoms with van der Waals surface area (Å²) < 4.78 is 28.1. The molecule has 0 radical (unpaired) electrons. The van der Waals surface area contributed by atoms with Crippen LogP contribution in [0.5, 0.6) is 0 Å². The molecule has 1 aromatic heterocycles. The van der Waals surface area contributed by atoms with E-state index in [1.165, 1.54) is 6.07 Å². The van der Waals surface area contributed by atoms with Crippen LogP contribution in [0.15, 0.2) is 39.7 Å². The number of benzene rings is 1. The Morgan fingerprint density at radius 3 is 2.57 bits per heavy atom. The number of sulfonamides is 1. The first kappa shape index (κ1) is 15.9. The lowest BCUT2D eigenvalue weighted by atomic mass is 10.1. The van der Waals surface area contributed by atoms with Crippen LogP contribution >= 0.6 is 15.9 Å². The van der Waals surface area contributed by atoms with Crippen LogP contribution in [-0.4, -0.2) is 18.5 Å². The zero-order chi connectivity index (χ0) is 15.6. The highest BCUT2D eigenvalue weighted by molar-refractivity contribution is 9.10. The number of nitrogens with zero attached hydrogens (tertiary/aromatic N) is 1. The van der Waals surface area contributed by atoms with Gasteiger partial charge in [0.2, 0.25) is 0 Å². The van der Waals surface area contributed by atoms with Crippen LogP contribution in [-0.2, 0) is 16.6 Å². The standard InChI is InChI=1S/C14H15BrN2O3S/c1-9-11(8-18)4-3-5-13(9)21(19,20)17-14-7-6-12(15)10(2)16-14/h3-7,18H,8H2,1-2H3,(H,16,17). The van der Waals surface area contributed by atoms with Gasteiger partial charge in [-0.3, -0.25) is 4.72 Å². The summed E-state index contributed by atoms with van der Waals surface area (Å²) in [5.41, 5.74) is 1.80. The first-order valence-electron chi connectivity index (χ1n) is 6.20. The second kappa shape index (κ2) is 6.13. The highest BCUT2D eigenvalue weighted by atomic mass is 79.9. The average molecular weight is 371 g/mol. The molecule has 0 unspecified atom stereocenters. The molecule has 0 saturated carbocycles. The van der Waals surface area contributed by atoms with Crippen molar-refractivity contribution in [3.63, 3.8) is 0 Å². The van der Waals surface area contributed by atoms with Crippen molar-refractivity contribution in [2.75, 3.05) is 4.72 Å². The van der Waals surface area contributed by atoms with E-state index in [0.29, 0.717) is 16.8 Å². The van der Waals surface area contributed by atoms with Gasteiger partial charge in [0.25, 0.3) is 10.0 Å². The van der Waals surface area contributed by atoms with E-state index in [2.05, 4.69) is 25.6 Å². The zero-order valence-electron chi connectivity index (χ0n) is 11.6. The predicted molar refractivity (Wildman–Crippen MR) is 84.6 cm³/mol. The Hall–Kier alpha value is -1.44. The van der Waals surface area contributed by atoms with Crippen LogP contribution < -0.4 is 4.72 Å². The molecular formula is C14H15BrN2O3S. The summed E-state index contributed by atoms with van der Waals surface area (Å²) >= 11 is 3.32. The van der Waals surface area contributed by atoms with Gasteiger partial charge in [-0.15, -0.1) is 0 Å². The number of hydrogen-bond donors (Lipinski definition) is 2. The first-order chi connectivity index (χ1) is 9.85. The topological polar surface area (TPSA) is 79.3 Å². The molecule has 112 valence electrons. The molecule has 1 aromatic carbocycles. The number of aromatic nitrogens is 1. The molecule has 0 fully saturated rings. The van der Waals surface area contributed by atoms with E-state index < -0.39 is 10.0 Å². The van der Waals surface area contributed by atoms with Crippen LogP contribution in [0.4, 0.5) is 5.82 Å². The third-order valence-corrected chi connectivity index (χ3v) is 5.45. The maximum absolute atomic E-state index is 12.4. The number of halogens is 1. The maximum atomic E-state index is 12.4. The number of rotatable bonds is 4. The Morgan fingerprint density at radius 1 is 1.24 bits per heavy atom. The Balaban J connectivity index is 2.41. The smallest absolute Gasteiger partial charge is 0.263 e. The number of nitrogens with one attached hydrogen (secondary N) is 1. The molecule has 2 rings (SSSR count). The molecule has 0 saturated heterocycles. The molecule has 0 aliphatic rings. The molecule has 0 bridgehead atoms. The van der Waals surface area contributed by atoms with E-state index in [0.717, 1.165) is 4.47 Å². The Kier molecular flexibility index (Phi) is 4.65. The van der Waals surface area contributed by atoms with E-state index in [1.807, 2.05) is 0 Å². The van der Waals surface area contributed by atoms with Crippen molar-refractivity contribution in [3.05, 3.63) is 51.6 Å². The molecule has 21 heavy (non-hydrogen) atoms. The van der Waals surface area contributed by atoms with Gasteiger partial charge in [-0.1, -0.05) is 12.1 Å². The van der Waals surface area contributed by atoms with Gasteiger partial charge in [-0.2, -0.15) is 0 Å². The number of aliphatic hydroxyl groups excluding tert-OH is 1. The number of aliphatic hydroxyl groups is 1. The minimum absolute atomic E-state index is 0.136. The predicted octanol–water partition coefficient (Wildman–Crippen LogP) is 2.75. The minimum atomic E-state index is -3.75. The third kappa shape index (κ3) is 3.42. The summed E-state index contributed by atoms with van der Waals surface area (Å²) in [6.07, 6.45) is 0. The third-order valence-electron chi connectivity index (χ3n) is 3.12. The maximum Gasteiger partial charge on any atom is 0.263 e. The van der Waals surface area contributed by atoms with Gasteiger partial charge in [0.05, 0.1) is 17.2 Å². The van der Waals surface area contributed by atoms with Crippen LogP contribution in [0.2, 0.25) is 0 Å². The van der Waals surface area contributed by atoms with Crippen molar-refractivity contribution in [2.45, 2.75) is 25.3 Å². The minimum Gasteiger partial charge on any atom is -0.392 e. The molecule has 0 aliphatic carbocycles. The van der Waals surface area contributed by atoms with Gasteiger partial charge >= 0.3 is 0 Å². The molecule has 1 heterocycles. The second-order valence-electron chi connectivity index (χ2n) is 4.57. The van der Waals surface area contributed by atoms with Crippen molar-refractivity contribution in [1.82, 2.24) is 4.98 Å². The largest absolute Gasteiger partial charge is 0.392 e. The van der Waals surface area contributed by atoms with Crippen LogP contribution in [0, 0.1) is 13.8 Å². The molecule has 0 spiro atoms. The van der Waals surface area contributed by atoms with Gasteiger partial charge in [0.1, 0.15) is 5.82 Å². The molecule has 0 amide bonds. The Labute approximate surface area is 132 Å². The van der Waals surface area contributed by atoms with Crippen LogP contribution in [0.1, 0.15) is 16.8 Å². The van der Waals surface area contributed by atoms with E-state index in [-0.39, 0.29) is 17.3 Å².